The molecule has 0 saturated carbocycles. The zero-order valence-corrected chi connectivity index (χ0v) is 17.9. The predicted octanol–water partition coefficient (Wildman–Crippen LogP) is 2.64. The van der Waals surface area contributed by atoms with Gasteiger partial charge in [-0.05, 0) is 29.8 Å². The molecule has 0 unspecified atom stereocenters. The fraction of sp³-hybridized carbons (Fsp3) is 0.333. The van der Waals surface area contributed by atoms with Crippen LogP contribution in [0.4, 0.5) is 0 Å². The van der Waals surface area contributed by atoms with Crippen LogP contribution in [0.15, 0.2) is 48.7 Å². The van der Waals surface area contributed by atoms with Crippen molar-refractivity contribution in [1.82, 2.24) is 14.8 Å². The van der Waals surface area contributed by atoms with Gasteiger partial charge in [-0.3, -0.25) is 9.59 Å². The van der Waals surface area contributed by atoms with Gasteiger partial charge in [-0.15, -0.1) is 0 Å². The number of aromatic amines is 1. The average Bonchev–Trinajstić information content (AvgIpc) is 3.21. The molecule has 7 nitrogen and oxygen atoms in total. The summed E-state index contributed by atoms with van der Waals surface area (Å²) in [6, 6.07) is 13.4. The number of aromatic nitrogens is 1. The molecule has 31 heavy (non-hydrogen) atoms. The van der Waals surface area contributed by atoms with E-state index in [2.05, 4.69) is 4.98 Å². The van der Waals surface area contributed by atoms with Crippen molar-refractivity contribution in [3.05, 3.63) is 59.8 Å². The fourth-order valence-corrected chi connectivity index (χ4v) is 4.05. The highest BCUT2D eigenvalue weighted by molar-refractivity contribution is 5.89. The smallest absolute Gasteiger partial charge is 0.227 e. The van der Waals surface area contributed by atoms with Crippen LogP contribution in [0.5, 0.6) is 11.5 Å². The lowest BCUT2D eigenvalue weighted by Crippen LogP contribution is -2.51. The molecule has 7 heteroatoms. The van der Waals surface area contributed by atoms with Gasteiger partial charge in [0, 0.05) is 48.8 Å². The lowest BCUT2D eigenvalue weighted by atomic mass is 10.1. The second-order valence-electron chi connectivity index (χ2n) is 7.65. The Kier molecular flexibility index (Phi) is 6.11. The zero-order chi connectivity index (χ0) is 21.8. The number of carbonyl (C=O) groups is 2. The summed E-state index contributed by atoms with van der Waals surface area (Å²) in [5.74, 6) is 1.47. The number of carbonyl (C=O) groups excluding carboxylic acids is 2. The second-order valence-corrected chi connectivity index (χ2v) is 7.65. The molecule has 0 aliphatic carbocycles. The molecule has 1 aromatic heterocycles. The van der Waals surface area contributed by atoms with E-state index in [-0.39, 0.29) is 18.2 Å². The zero-order valence-electron chi connectivity index (χ0n) is 17.9. The van der Waals surface area contributed by atoms with Gasteiger partial charge < -0.3 is 24.3 Å². The molecule has 1 fully saturated rings. The van der Waals surface area contributed by atoms with E-state index in [1.807, 2.05) is 58.5 Å². The molecule has 2 amide bonds. The number of fused-ring (bicyclic) bond motifs is 1. The first-order chi connectivity index (χ1) is 15.1. The number of H-pyrrole nitrogens is 1. The first-order valence-corrected chi connectivity index (χ1v) is 10.4. The molecule has 0 atom stereocenters. The van der Waals surface area contributed by atoms with Crippen molar-refractivity contribution in [1.29, 1.82) is 0 Å². The summed E-state index contributed by atoms with van der Waals surface area (Å²) in [6.07, 6.45) is 2.51. The van der Waals surface area contributed by atoms with E-state index in [4.69, 9.17) is 9.47 Å². The maximum absolute atomic E-state index is 12.8. The maximum atomic E-state index is 12.8. The minimum Gasteiger partial charge on any atom is -0.497 e. The Morgan fingerprint density at radius 3 is 2.16 bits per heavy atom. The number of nitrogens with one attached hydrogen (secondary N) is 1. The van der Waals surface area contributed by atoms with Crippen LogP contribution in [0.25, 0.3) is 10.9 Å². The number of para-hydroxylation sites is 1. The SMILES string of the molecule is COc1ccc(OC)c(CC(=O)N2CCN(C(=O)Cc3c[nH]c4ccccc34)CC2)c1. The third-order valence-corrected chi connectivity index (χ3v) is 5.83. The molecule has 1 N–H and O–H groups in total. The minimum atomic E-state index is 0.0234. The predicted molar refractivity (Wildman–Crippen MR) is 118 cm³/mol. The summed E-state index contributed by atoms with van der Waals surface area (Å²) in [4.78, 5) is 32.5. The lowest BCUT2D eigenvalue weighted by Gasteiger charge is -2.35. The van der Waals surface area contributed by atoms with E-state index in [1.54, 1.807) is 14.2 Å². The van der Waals surface area contributed by atoms with Crippen LogP contribution in [-0.2, 0) is 22.4 Å². The standard InChI is InChI=1S/C24H27N3O4/c1-30-19-7-8-22(31-2)17(13-19)14-23(28)26-9-11-27(12-10-26)24(29)15-18-16-25-21-6-4-3-5-20(18)21/h3-8,13,16,25H,9-12,14-15H2,1-2H3. The lowest BCUT2D eigenvalue weighted by molar-refractivity contribution is -0.138. The van der Waals surface area contributed by atoms with E-state index in [0.29, 0.717) is 44.1 Å². The molecule has 1 aliphatic heterocycles. The van der Waals surface area contributed by atoms with Gasteiger partial charge in [-0.25, -0.2) is 0 Å². The van der Waals surface area contributed by atoms with Crippen molar-refractivity contribution in [3.8, 4) is 11.5 Å². The van der Waals surface area contributed by atoms with Crippen LogP contribution in [0, 0.1) is 0 Å². The molecule has 1 aliphatic rings. The van der Waals surface area contributed by atoms with Crippen LogP contribution in [-0.4, -0.2) is 67.0 Å². The van der Waals surface area contributed by atoms with Crippen molar-refractivity contribution < 1.29 is 19.1 Å². The quantitative estimate of drug-likeness (QED) is 0.664. The van der Waals surface area contributed by atoms with Gasteiger partial charge in [-0.1, -0.05) is 18.2 Å². The largest absolute Gasteiger partial charge is 0.497 e. The summed E-state index contributed by atoms with van der Waals surface area (Å²) in [5, 5.41) is 1.08. The molecule has 2 aromatic carbocycles. The summed E-state index contributed by atoms with van der Waals surface area (Å²) in [7, 11) is 3.19. The highest BCUT2D eigenvalue weighted by Gasteiger charge is 2.25. The van der Waals surface area contributed by atoms with Crippen LogP contribution in [0.3, 0.4) is 0 Å². The second kappa shape index (κ2) is 9.12. The third-order valence-electron chi connectivity index (χ3n) is 5.83. The number of piperazine rings is 1. The fourth-order valence-electron chi connectivity index (χ4n) is 4.05. The molecule has 162 valence electrons. The van der Waals surface area contributed by atoms with Crippen molar-refractivity contribution in [2.75, 3.05) is 40.4 Å². The molecule has 2 heterocycles. The number of ether oxygens (including phenoxy) is 2. The van der Waals surface area contributed by atoms with Crippen LogP contribution < -0.4 is 9.47 Å². The van der Waals surface area contributed by atoms with Gasteiger partial charge in [0.25, 0.3) is 0 Å². The summed E-state index contributed by atoms with van der Waals surface area (Å²) in [6.45, 7) is 2.15. The molecular formula is C24H27N3O4. The summed E-state index contributed by atoms with van der Waals surface area (Å²) < 4.78 is 10.6. The minimum absolute atomic E-state index is 0.0234. The topological polar surface area (TPSA) is 74.9 Å². The van der Waals surface area contributed by atoms with Crippen molar-refractivity contribution in [2.45, 2.75) is 12.8 Å². The Morgan fingerprint density at radius 1 is 0.871 bits per heavy atom. The number of amides is 2. The molecular weight excluding hydrogens is 394 g/mol. The maximum Gasteiger partial charge on any atom is 0.227 e. The summed E-state index contributed by atoms with van der Waals surface area (Å²) >= 11 is 0. The molecule has 0 spiro atoms. The molecule has 0 radical (unpaired) electrons. The molecule has 4 rings (SSSR count). The van der Waals surface area contributed by atoms with E-state index in [1.165, 1.54) is 0 Å². The number of rotatable bonds is 6. The average molecular weight is 421 g/mol. The monoisotopic (exact) mass is 421 g/mol. The molecule has 3 aromatic rings. The summed E-state index contributed by atoms with van der Waals surface area (Å²) in [5.41, 5.74) is 2.84. The van der Waals surface area contributed by atoms with E-state index < -0.39 is 0 Å². The van der Waals surface area contributed by atoms with Gasteiger partial charge in [0.05, 0.1) is 27.1 Å². The first kappa shape index (κ1) is 20.8. The van der Waals surface area contributed by atoms with Crippen LogP contribution in [0.1, 0.15) is 11.1 Å². The molecule has 1 saturated heterocycles. The number of methoxy groups -OCH3 is 2. The Bertz CT molecular complexity index is 1080. The number of benzene rings is 2. The van der Waals surface area contributed by atoms with Gasteiger partial charge in [0.1, 0.15) is 11.5 Å². The number of hydrogen-bond acceptors (Lipinski definition) is 4. The van der Waals surface area contributed by atoms with Crippen molar-refractivity contribution in [3.63, 3.8) is 0 Å². The highest BCUT2D eigenvalue weighted by Crippen LogP contribution is 2.25. The van der Waals surface area contributed by atoms with Crippen molar-refractivity contribution in [2.24, 2.45) is 0 Å². The first-order valence-electron chi connectivity index (χ1n) is 10.4. The highest BCUT2D eigenvalue weighted by atomic mass is 16.5. The Labute approximate surface area is 181 Å². The molecule has 0 bridgehead atoms. The van der Waals surface area contributed by atoms with Gasteiger partial charge in [-0.2, -0.15) is 0 Å². The Morgan fingerprint density at radius 2 is 1.52 bits per heavy atom. The number of nitrogens with zero attached hydrogens (tertiary/aromatic N) is 2. The van der Waals surface area contributed by atoms with Crippen LogP contribution in [0.2, 0.25) is 0 Å². The third kappa shape index (κ3) is 4.50. The van der Waals surface area contributed by atoms with E-state index in [9.17, 15) is 9.59 Å². The Hall–Kier alpha value is -3.48. The van der Waals surface area contributed by atoms with Gasteiger partial charge >= 0.3 is 0 Å². The van der Waals surface area contributed by atoms with Crippen molar-refractivity contribution >= 4 is 22.7 Å². The van der Waals surface area contributed by atoms with E-state index >= 15 is 0 Å². The Balaban J connectivity index is 1.34. The number of hydrogen-bond donors (Lipinski definition) is 1. The normalized spacial score (nSPS) is 14.0. The van der Waals surface area contributed by atoms with Crippen LogP contribution >= 0.6 is 0 Å². The van der Waals surface area contributed by atoms with Gasteiger partial charge in [0.15, 0.2) is 0 Å². The van der Waals surface area contributed by atoms with Gasteiger partial charge in [0.2, 0.25) is 11.8 Å². The van der Waals surface area contributed by atoms with E-state index in [0.717, 1.165) is 22.0 Å².